The maximum atomic E-state index is 12.9. The number of nitrogens with zero attached hydrogens (tertiary/aromatic N) is 4. The van der Waals surface area contributed by atoms with Crippen LogP contribution in [0.1, 0.15) is 47.3 Å². The minimum atomic E-state index is -1.01. The second-order valence-electron chi connectivity index (χ2n) is 10.00. The third-order valence-electron chi connectivity index (χ3n) is 7.47. The Balaban J connectivity index is 1.11. The second-order valence-corrected chi connectivity index (χ2v) is 10.00. The Morgan fingerprint density at radius 2 is 2.17 bits per heavy atom. The summed E-state index contributed by atoms with van der Waals surface area (Å²) in [6.45, 7) is 3.55. The van der Waals surface area contributed by atoms with Crippen LogP contribution in [-0.4, -0.2) is 68.9 Å². The van der Waals surface area contributed by atoms with Crippen LogP contribution in [0, 0.1) is 5.92 Å². The lowest BCUT2D eigenvalue weighted by Crippen LogP contribution is -2.43. The first-order valence-corrected chi connectivity index (χ1v) is 12.9. The van der Waals surface area contributed by atoms with Crippen LogP contribution in [0.15, 0.2) is 36.5 Å². The highest BCUT2D eigenvalue weighted by molar-refractivity contribution is 6.06. The van der Waals surface area contributed by atoms with E-state index in [2.05, 4.69) is 32.8 Å². The van der Waals surface area contributed by atoms with E-state index < -0.39 is 12.0 Å². The van der Waals surface area contributed by atoms with Crippen molar-refractivity contribution in [3.8, 4) is 0 Å². The van der Waals surface area contributed by atoms with Crippen LogP contribution in [0.2, 0.25) is 0 Å². The molecule has 0 saturated carbocycles. The van der Waals surface area contributed by atoms with Crippen LogP contribution in [0.3, 0.4) is 0 Å². The fourth-order valence-corrected chi connectivity index (χ4v) is 5.43. The first-order chi connectivity index (χ1) is 17.5. The number of likely N-dealkylation sites (tertiary alicyclic amines) is 1. The first kappa shape index (κ1) is 24.2. The second kappa shape index (κ2) is 10.7. The molecule has 2 aliphatic heterocycles. The number of aryl methyl sites for hydroxylation is 3. The molecule has 36 heavy (non-hydrogen) atoms. The molecular weight excluding hydrogens is 456 g/mol. The van der Waals surface area contributed by atoms with Crippen molar-refractivity contribution in [1.29, 1.82) is 0 Å². The molecule has 3 aromatic rings. The van der Waals surface area contributed by atoms with Crippen molar-refractivity contribution < 1.29 is 14.7 Å². The van der Waals surface area contributed by atoms with E-state index in [9.17, 15) is 14.7 Å². The lowest BCUT2D eigenvalue weighted by molar-refractivity contribution is -0.139. The number of hydrogen-bond donors (Lipinski definition) is 3. The van der Waals surface area contributed by atoms with Crippen molar-refractivity contribution in [3.05, 3.63) is 53.3 Å². The van der Waals surface area contributed by atoms with Crippen LogP contribution < -0.4 is 10.6 Å². The van der Waals surface area contributed by atoms with Crippen molar-refractivity contribution in [3.63, 3.8) is 0 Å². The largest absolute Gasteiger partial charge is 0.480 e. The van der Waals surface area contributed by atoms with Crippen molar-refractivity contribution in [2.75, 3.05) is 31.5 Å². The summed E-state index contributed by atoms with van der Waals surface area (Å²) in [6, 6.07) is 8.81. The summed E-state index contributed by atoms with van der Waals surface area (Å²) < 4.78 is 1.64. The molecule has 1 amide bonds. The number of aromatic nitrogens is 3. The van der Waals surface area contributed by atoms with Gasteiger partial charge in [0, 0.05) is 37.8 Å². The molecule has 0 unspecified atom stereocenters. The molecule has 1 aromatic carbocycles. The van der Waals surface area contributed by atoms with Gasteiger partial charge in [0.05, 0.1) is 17.3 Å². The van der Waals surface area contributed by atoms with E-state index in [0.29, 0.717) is 30.0 Å². The SMILES string of the molecule is Cn1ncc2cccc(C(=O)N[C@@H](CCN3CC[C@H](CCc4ccc5c(n4)NCCC5)C3)C(=O)O)c21. The third-order valence-corrected chi connectivity index (χ3v) is 7.47. The van der Waals surface area contributed by atoms with Crippen LogP contribution >= 0.6 is 0 Å². The molecule has 0 bridgehead atoms. The maximum Gasteiger partial charge on any atom is 0.326 e. The highest BCUT2D eigenvalue weighted by Crippen LogP contribution is 2.24. The Kier molecular flexibility index (Phi) is 7.18. The number of anilines is 1. The molecule has 1 fully saturated rings. The zero-order valence-corrected chi connectivity index (χ0v) is 20.7. The monoisotopic (exact) mass is 490 g/mol. The lowest BCUT2D eigenvalue weighted by Gasteiger charge is -2.20. The number of fused-ring (bicyclic) bond motifs is 2. The molecule has 4 heterocycles. The number of rotatable bonds is 9. The molecule has 5 rings (SSSR count). The van der Waals surface area contributed by atoms with Crippen molar-refractivity contribution in [2.45, 2.75) is 44.6 Å². The Hall–Kier alpha value is -3.46. The standard InChI is InChI=1S/C27H34N6O3/c1-32-24-20(16-29-32)4-2-6-22(24)26(34)31-23(27(35)36)12-15-33-14-11-18(17-33)7-9-21-10-8-19-5-3-13-28-25(19)30-21/h2,4,6,8,10,16,18,23H,3,5,7,9,11-15,17H2,1H3,(H,28,30)(H,31,34)(H,35,36)/t18-,23-/m0/s1. The van der Waals surface area contributed by atoms with Crippen molar-refractivity contribution >= 4 is 28.6 Å². The van der Waals surface area contributed by atoms with E-state index in [1.54, 1.807) is 30.1 Å². The number of pyridine rings is 1. The highest BCUT2D eigenvalue weighted by Gasteiger charge is 2.27. The van der Waals surface area contributed by atoms with Crippen LogP contribution in [-0.2, 0) is 24.7 Å². The molecule has 2 aromatic heterocycles. The minimum absolute atomic E-state index is 0.368. The predicted molar refractivity (Wildman–Crippen MR) is 138 cm³/mol. The normalized spacial score (nSPS) is 18.5. The van der Waals surface area contributed by atoms with Gasteiger partial charge in [0.2, 0.25) is 0 Å². The predicted octanol–water partition coefficient (Wildman–Crippen LogP) is 2.85. The molecule has 0 spiro atoms. The number of carboxylic acids is 1. The van der Waals surface area contributed by atoms with E-state index >= 15 is 0 Å². The molecule has 0 aliphatic carbocycles. The van der Waals surface area contributed by atoms with Gasteiger partial charge in [-0.05, 0) is 68.7 Å². The van der Waals surface area contributed by atoms with Gasteiger partial charge in [-0.2, -0.15) is 5.10 Å². The van der Waals surface area contributed by atoms with E-state index in [-0.39, 0.29) is 5.91 Å². The summed E-state index contributed by atoms with van der Waals surface area (Å²) in [4.78, 5) is 32.0. The third kappa shape index (κ3) is 5.36. The molecule has 3 N–H and O–H groups in total. The van der Waals surface area contributed by atoms with Crippen LogP contribution in [0.25, 0.3) is 10.9 Å². The van der Waals surface area contributed by atoms with Gasteiger partial charge in [0.1, 0.15) is 11.9 Å². The highest BCUT2D eigenvalue weighted by atomic mass is 16.4. The molecule has 9 nitrogen and oxygen atoms in total. The molecule has 0 radical (unpaired) electrons. The number of carbonyl (C=O) groups excluding carboxylic acids is 1. The van der Waals surface area contributed by atoms with Crippen LogP contribution in [0.4, 0.5) is 5.82 Å². The molecule has 2 atom stereocenters. The van der Waals surface area contributed by atoms with E-state index in [4.69, 9.17) is 4.98 Å². The Morgan fingerprint density at radius 3 is 3.03 bits per heavy atom. The fraction of sp³-hybridized carbons (Fsp3) is 0.481. The summed E-state index contributed by atoms with van der Waals surface area (Å²) in [5.74, 6) is 0.232. The van der Waals surface area contributed by atoms with Gasteiger partial charge < -0.3 is 20.6 Å². The van der Waals surface area contributed by atoms with Gasteiger partial charge in [-0.3, -0.25) is 9.48 Å². The zero-order valence-electron chi connectivity index (χ0n) is 20.7. The van der Waals surface area contributed by atoms with Gasteiger partial charge in [-0.25, -0.2) is 9.78 Å². The Labute approximate surface area is 210 Å². The number of carbonyl (C=O) groups is 2. The first-order valence-electron chi connectivity index (χ1n) is 12.9. The number of amides is 1. The van der Waals surface area contributed by atoms with E-state index in [1.165, 1.54) is 12.0 Å². The molecule has 9 heteroatoms. The van der Waals surface area contributed by atoms with Gasteiger partial charge in [0.15, 0.2) is 0 Å². The topological polar surface area (TPSA) is 112 Å². The van der Waals surface area contributed by atoms with Crippen LogP contribution in [0.5, 0.6) is 0 Å². The lowest BCUT2D eigenvalue weighted by atomic mass is 10.00. The van der Waals surface area contributed by atoms with Gasteiger partial charge in [0.25, 0.3) is 5.91 Å². The van der Waals surface area contributed by atoms with E-state index in [0.717, 1.165) is 62.2 Å². The van der Waals surface area contributed by atoms with E-state index in [1.807, 2.05) is 6.07 Å². The van der Waals surface area contributed by atoms with Gasteiger partial charge in [-0.1, -0.05) is 18.2 Å². The number of benzene rings is 1. The molecular formula is C27H34N6O3. The smallest absolute Gasteiger partial charge is 0.326 e. The number of para-hydroxylation sites is 1. The summed E-state index contributed by atoms with van der Waals surface area (Å²) in [6.07, 6.45) is 7.48. The summed E-state index contributed by atoms with van der Waals surface area (Å²) in [5, 5.41) is 20.9. The average molecular weight is 491 g/mol. The molecule has 2 aliphatic rings. The maximum absolute atomic E-state index is 12.9. The summed E-state index contributed by atoms with van der Waals surface area (Å²) >= 11 is 0. The number of hydrogen-bond acceptors (Lipinski definition) is 6. The minimum Gasteiger partial charge on any atom is -0.480 e. The number of nitrogens with one attached hydrogen (secondary N) is 2. The van der Waals surface area contributed by atoms with Crippen molar-refractivity contribution in [1.82, 2.24) is 25.0 Å². The van der Waals surface area contributed by atoms with Crippen molar-refractivity contribution in [2.24, 2.45) is 13.0 Å². The fourth-order valence-electron chi connectivity index (χ4n) is 5.43. The quantitative estimate of drug-likeness (QED) is 0.423. The Morgan fingerprint density at radius 1 is 1.28 bits per heavy atom. The van der Waals surface area contributed by atoms with Gasteiger partial charge >= 0.3 is 5.97 Å². The number of carboxylic acid groups (broad SMARTS) is 1. The summed E-state index contributed by atoms with van der Waals surface area (Å²) in [5.41, 5.74) is 3.59. The molecule has 1 saturated heterocycles. The zero-order chi connectivity index (χ0) is 25.1. The number of aliphatic carboxylic acids is 1. The average Bonchev–Trinajstić information content (AvgIpc) is 3.51. The Bertz CT molecular complexity index is 1260. The summed E-state index contributed by atoms with van der Waals surface area (Å²) in [7, 11) is 1.77. The van der Waals surface area contributed by atoms with Gasteiger partial charge in [-0.15, -0.1) is 0 Å². The molecule has 190 valence electrons.